The summed E-state index contributed by atoms with van der Waals surface area (Å²) in [5, 5.41) is 10.9. The van der Waals surface area contributed by atoms with Crippen molar-refractivity contribution < 1.29 is 9.53 Å². The van der Waals surface area contributed by atoms with Crippen LogP contribution in [0.5, 0.6) is 0 Å². The summed E-state index contributed by atoms with van der Waals surface area (Å²) in [6.07, 6.45) is 9.24. The third-order valence-electron chi connectivity index (χ3n) is 6.88. The van der Waals surface area contributed by atoms with Crippen LogP contribution in [0.1, 0.15) is 69.0 Å². The van der Waals surface area contributed by atoms with Gasteiger partial charge in [-0.05, 0) is 58.5 Å². The number of ether oxygens (including phenoxy) is 1. The van der Waals surface area contributed by atoms with Gasteiger partial charge in [0.15, 0.2) is 0 Å². The summed E-state index contributed by atoms with van der Waals surface area (Å²) in [5.74, 6) is 1.41. The van der Waals surface area contributed by atoms with E-state index in [4.69, 9.17) is 4.74 Å². The SMILES string of the molecule is CCC(=O)N(CC1CCOCC1)[C@H]1CC[C@H](c2n[nH]cc2CN(C)CCNC)CC1. The number of aromatic nitrogens is 2. The molecule has 0 aromatic carbocycles. The first-order valence-electron chi connectivity index (χ1n) is 11.8. The number of rotatable bonds is 10. The smallest absolute Gasteiger partial charge is 0.222 e. The molecule has 2 N–H and O–H groups in total. The molecule has 0 unspecified atom stereocenters. The lowest BCUT2D eigenvalue weighted by molar-refractivity contribution is -0.135. The molecule has 1 aliphatic heterocycles. The molecule has 2 aliphatic rings. The fraction of sp³-hybridized carbons (Fsp3) is 0.826. The quantitative estimate of drug-likeness (QED) is 0.610. The fourth-order valence-corrected chi connectivity index (χ4v) is 5.00. The number of H-pyrrole nitrogens is 1. The maximum absolute atomic E-state index is 12.7. The Kier molecular flexibility index (Phi) is 9.15. The van der Waals surface area contributed by atoms with Crippen LogP contribution in [0, 0.1) is 5.92 Å². The van der Waals surface area contributed by atoms with E-state index in [-0.39, 0.29) is 0 Å². The highest BCUT2D eigenvalue weighted by Gasteiger charge is 2.32. The Bertz CT molecular complexity index is 635. The van der Waals surface area contributed by atoms with Gasteiger partial charge < -0.3 is 19.9 Å². The number of carbonyl (C=O) groups is 1. The molecule has 3 rings (SSSR count). The molecule has 7 nitrogen and oxygen atoms in total. The van der Waals surface area contributed by atoms with Crippen LogP contribution < -0.4 is 5.32 Å². The summed E-state index contributed by atoms with van der Waals surface area (Å²) in [7, 11) is 4.15. The molecule has 0 radical (unpaired) electrons. The average molecular weight is 420 g/mol. The highest BCUT2D eigenvalue weighted by atomic mass is 16.5. The Morgan fingerprint density at radius 2 is 1.97 bits per heavy atom. The van der Waals surface area contributed by atoms with Crippen molar-refractivity contribution in [3.8, 4) is 0 Å². The molecule has 1 aromatic rings. The topological polar surface area (TPSA) is 73.5 Å². The maximum atomic E-state index is 12.7. The average Bonchev–Trinajstić information content (AvgIpc) is 3.24. The largest absolute Gasteiger partial charge is 0.381 e. The molecule has 0 bridgehead atoms. The molecule has 0 spiro atoms. The minimum Gasteiger partial charge on any atom is -0.381 e. The van der Waals surface area contributed by atoms with Gasteiger partial charge in [0.05, 0.1) is 5.69 Å². The van der Waals surface area contributed by atoms with Gasteiger partial charge in [0, 0.05) is 69.5 Å². The standard InChI is InChI=1S/C23H41N5O2/c1-4-22(29)28(16-18-9-13-30-14-10-18)21-7-5-19(6-8-21)23-20(15-25-26-23)17-27(3)12-11-24-2/h15,18-19,21,24H,4-14,16-17H2,1-3H3,(H,25,26)/t19-,21-. The van der Waals surface area contributed by atoms with Crippen molar-refractivity contribution in [2.45, 2.75) is 70.4 Å². The number of nitrogens with zero attached hydrogens (tertiary/aromatic N) is 3. The van der Waals surface area contributed by atoms with Crippen LogP contribution in [-0.2, 0) is 16.1 Å². The maximum Gasteiger partial charge on any atom is 0.222 e. The summed E-state index contributed by atoms with van der Waals surface area (Å²) in [6.45, 7) is 7.53. The van der Waals surface area contributed by atoms with Gasteiger partial charge in [-0.25, -0.2) is 0 Å². The van der Waals surface area contributed by atoms with E-state index in [0.29, 0.717) is 30.2 Å². The van der Waals surface area contributed by atoms with Gasteiger partial charge >= 0.3 is 0 Å². The summed E-state index contributed by atoms with van der Waals surface area (Å²) in [5.41, 5.74) is 2.56. The predicted octanol–water partition coefficient (Wildman–Crippen LogP) is 2.75. The van der Waals surface area contributed by atoms with Crippen LogP contribution in [0.4, 0.5) is 0 Å². The van der Waals surface area contributed by atoms with Crippen molar-refractivity contribution in [3.63, 3.8) is 0 Å². The van der Waals surface area contributed by atoms with Gasteiger partial charge in [-0.2, -0.15) is 5.10 Å². The zero-order valence-corrected chi connectivity index (χ0v) is 19.2. The molecule has 0 atom stereocenters. The minimum atomic E-state index is 0.316. The van der Waals surface area contributed by atoms with E-state index in [1.54, 1.807) is 0 Å². The van der Waals surface area contributed by atoms with E-state index in [1.165, 1.54) is 11.3 Å². The molecule has 1 aromatic heterocycles. The second-order valence-corrected chi connectivity index (χ2v) is 9.10. The van der Waals surface area contributed by atoms with Crippen molar-refractivity contribution in [2.24, 2.45) is 5.92 Å². The number of likely N-dealkylation sites (N-methyl/N-ethyl adjacent to an activating group) is 2. The zero-order chi connectivity index (χ0) is 21.3. The van der Waals surface area contributed by atoms with Gasteiger partial charge in [0.1, 0.15) is 0 Å². The van der Waals surface area contributed by atoms with Crippen LogP contribution >= 0.6 is 0 Å². The number of carbonyl (C=O) groups excluding carboxylic acids is 1. The van der Waals surface area contributed by atoms with Gasteiger partial charge in [0.25, 0.3) is 0 Å². The van der Waals surface area contributed by atoms with Crippen molar-refractivity contribution in [1.29, 1.82) is 0 Å². The van der Waals surface area contributed by atoms with Gasteiger partial charge in [-0.1, -0.05) is 6.92 Å². The summed E-state index contributed by atoms with van der Waals surface area (Å²) < 4.78 is 5.51. The van der Waals surface area contributed by atoms with Gasteiger partial charge in [0.2, 0.25) is 5.91 Å². The summed E-state index contributed by atoms with van der Waals surface area (Å²) in [4.78, 5) is 17.3. The van der Waals surface area contributed by atoms with E-state index in [0.717, 1.165) is 77.9 Å². The molecule has 170 valence electrons. The predicted molar refractivity (Wildman–Crippen MR) is 119 cm³/mol. The number of hydrogen-bond acceptors (Lipinski definition) is 5. The second-order valence-electron chi connectivity index (χ2n) is 9.10. The van der Waals surface area contributed by atoms with Crippen molar-refractivity contribution in [1.82, 2.24) is 25.3 Å². The monoisotopic (exact) mass is 419 g/mol. The Morgan fingerprint density at radius 3 is 2.63 bits per heavy atom. The van der Waals surface area contributed by atoms with Gasteiger partial charge in [-0.15, -0.1) is 0 Å². The van der Waals surface area contributed by atoms with Crippen LogP contribution in [0.2, 0.25) is 0 Å². The molecule has 1 saturated heterocycles. The third kappa shape index (κ3) is 6.28. The fourth-order valence-electron chi connectivity index (χ4n) is 5.00. The Labute approximate surface area is 181 Å². The number of amides is 1. The Balaban J connectivity index is 1.56. The number of hydrogen-bond donors (Lipinski definition) is 2. The summed E-state index contributed by atoms with van der Waals surface area (Å²) in [6, 6.07) is 0.386. The first-order valence-corrected chi connectivity index (χ1v) is 11.8. The molecule has 2 fully saturated rings. The second kappa shape index (κ2) is 11.8. The van der Waals surface area contributed by atoms with E-state index in [2.05, 4.69) is 38.6 Å². The molecule has 1 saturated carbocycles. The first kappa shape index (κ1) is 23.2. The Hall–Kier alpha value is -1.44. The first-order chi connectivity index (χ1) is 14.6. The molecule has 1 amide bonds. The lowest BCUT2D eigenvalue weighted by atomic mass is 9.82. The molecule has 30 heavy (non-hydrogen) atoms. The van der Waals surface area contributed by atoms with Crippen LogP contribution in [0.3, 0.4) is 0 Å². The number of nitrogens with one attached hydrogen (secondary N) is 2. The molecule has 2 heterocycles. The molecular weight excluding hydrogens is 378 g/mol. The lowest BCUT2D eigenvalue weighted by Gasteiger charge is -2.39. The summed E-state index contributed by atoms with van der Waals surface area (Å²) >= 11 is 0. The normalized spacial score (nSPS) is 23.1. The van der Waals surface area contributed by atoms with E-state index in [1.807, 2.05) is 14.0 Å². The van der Waals surface area contributed by atoms with E-state index < -0.39 is 0 Å². The lowest BCUT2D eigenvalue weighted by Crippen LogP contribution is -2.45. The van der Waals surface area contributed by atoms with Gasteiger partial charge in [-0.3, -0.25) is 9.89 Å². The van der Waals surface area contributed by atoms with E-state index >= 15 is 0 Å². The van der Waals surface area contributed by atoms with Crippen LogP contribution in [-0.4, -0.2) is 78.9 Å². The molecule has 7 heteroatoms. The van der Waals surface area contributed by atoms with Crippen LogP contribution in [0.25, 0.3) is 0 Å². The highest BCUT2D eigenvalue weighted by molar-refractivity contribution is 5.76. The van der Waals surface area contributed by atoms with Crippen molar-refractivity contribution in [3.05, 3.63) is 17.5 Å². The van der Waals surface area contributed by atoms with E-state index in [9.17, 15) is 4.79 Å². The Morgan fingerprint density at radius 1 is 1.23 bits per heavy atom. The molecule has 1 aliphatic carbocycles. The highest BCUT2D eigenvalue weighted by Crippen LogP contribution is 2.36. The van der Waals surface area contributed by atoms with Crippen LogP contribution in [0.15, 0.2) is 6.20 Å². The van der Waals surface area contributed by atoms with Crippen molar-refractivity contribution in [2.75, 3.05) is 46.9 Å². The number of aromatic amines is 1. The minimum absolute atomic E-state index is 0.316. The molecular formula is C23H41N5O2. The van der Waals surface area contributed by atoms with Crippen molar-refractivity contribution >= 4 is 5.91 Å². The zero-order valence-electron chi connectivity index (χ0n) is 19.2. The third-order valence-corrected chi connectivity index (χ3v) is 6.88.